The topological polar surface area (TPSA) is 85.3 Å². The molecule has 2 heterocycles. The molecule has 1 fully saturated rings. The van der Waals surface area contributed by atoms with Gasteiger partial charge in [0.2, 0.25) is 0 Å². The van der Waals surface area contributed by atoms with Gasteiger partial charge in [0.05, 0.1) is 18.6 Å². The van der Waals surface area contributed by atoms with E-state index in [1.165, 1.54) is 36.3 Å². The molecule has 35 heavy (non-hydrogen) atoms. The Labute approximate surface area is 215 Å². The molecule has 0 atom stereocenters. The number of benzene rings is 1. The van der Waals surface area contributed by atoms with E-state index in [0.717, 1.165) is 41.5 Å². The Morgan fingerprint density at radius 2 is 1.94 bits per heavy atom. The van der Waals surface area contributed by atoms with Crippen LogP contribution in [0.3, 0.4) is 0 Å². The Morgan fingerprint density at radius 3 is 2.63 bits per heavy atom. The Hall–Kier alpha value is -2.56. The molecule has 10 heteroatoms. The van der Waals surface area contributed by atoms with Crippen molar-refractivity contribution in [3.63, 3.8) is 0 Å². The first-order valence-corrected chi connectivity index (χ1v) is 14.5. The van der Waals surface area contributed by atoms with Gasteiger partial charge in [0.1, 0.15) is 4.21 Å². The van der Waals surface area contributed by atoms with Crippen molar-refractivity contribution in [1.29, 1.82) is 0 Å². The zero-order chi connectivity index (χ0) is 25.3. The fourth-order valence-electron chi connectivity index (χ4n) is 3.36. The van der Waals surface area contributed by atoms with Crippen LogP contribution in [0.5, 0.6) is 11.5 Å². The van der Waals surface area contributed by atoms with Gasteiger partial charge in [0.15, 0.2) is 16.7 Å². The molecule has 1 aromatic heterocycles. The summed E-state index contributed by atoms with van der Waals surface area (Å²) in [6.07, 6.45) is 8.99. The third-order valence-electron chi connectivity index (χ3n) is 5.14. The molecule has 188 valence electrons. The van der Waals surface area contributed by atoms with E-state index in [9.17, 15) is 13.2 Å². The molecule has 1 aliphatic heterocycles. The van der Waals surface area contributed by atoms with Crippen LogP contribution in [0.15, 0.2) is 61.9 Å². The largest absolute Gasteiger partial charge is 0.493 e. The Balaban J connectivity index is 1.78. The molecule has 0 aliphatic carbocycles. The van der Waals surface area contributed by atoms with Crippen LogP contribution >= 0.6 is 23.1 Å². The lowest BCUT2D eigenvalue weighted by molar-refractivity contribution is -0.121. The molecule has 0 unspecified atom stereocenters. The summed E-state index contributed by atoms with van der Waals surface area (Å²) in [6, 6.07) is 8.58. The van der Waals surface area contributed by atoms with E-state index in [1.807, 2.05) is 12.1 Å². The van der Waals surface area contributed by atoms with Crippen molar-refractivity contribution < 1.29 is 22.7 Å². The van der Waals surface area contributed by atoms with Crippen molar-refractivity contribution in [2.45, 2.75) is 43.2 Å². The molecule has 0 bridgehead atoms. The van der Waals surface area contributed by atoms with Crippen LogP contribution in [0, 0.1) is 0 Å². The number of hydrogen-bond donors (Lipinski definition) is 0. The third kappa shape index (κ3) is 7.22. The number of nitrogens with zero attached hydrogens (tertiary/aromatic N) is 2. The molecule has 0 radical (unpaired) electrons. The molecule has 1 amide bonds. The zero-order valence-electron chi connectivity index (χ0n) is 19.9. The molecular weight excluding hydrogens is 504 g/mol. The summed E-state index contributed by atoms with van der Waals surface area (Å²) < 4.78 is 40.7. The van der Waals surface area contributed by atoms with Gasteiger partial charge >= 0.3 is 0 Å². The number of amides is 1. The smallest absolute Gasteiger partial charge is 0.294 e. The van der Waals surface area contributed by atoms with E-state index in [-0.39, 0.29) is 21.8 Å². The summed E-state index contributed by atoms with van der Waals surface area (Å²) in [5.41, 5.74) is 0.730. The number of carbonyl (C=O) groups is 1. The van der Waals surface area contributed by atoms with Crippen LogP contribution in [0.1, 0.15) is 44.6 Å². The minimum Gasteiger partial charge on any atom is -0.493 e. The van der Waals surface area contributed by atoms with Gasteiger partial charge in [0.25, 0.3) is 15.9 Å². The molecule has 0 N–H and O–H groups in total. The van der Waals surface area contributed by atoms with Crippen molar-refractivity contribution in [3.8, 4) is 11.5 Å². The number of thiophene rings is 1. The van der Waals surface area contributed by atoms with E-state index >= 15 is 0 Å². The van der Waals surface area contributed by atoms with Crippen LogP contribution < -0.4 is 9.47 Å². The highest BCUT2D eigenvalue weighted by atomic mass is 32.2. The van der Waals surface area contributed by atoms with Crippen molar-refractivity contribution >= 4 is 50.3 Å². The number of ether oxygens (including phenoxy) is 2. The van der Waals surface area contributed by atoms with Crippen molar-refractivity contribution in [2.75, 3.05) is 20.3 Å². The minimum absolute atomic E-state index is 0.101. The van der Waals surface area contributed by atoms with E-state index in [4.69, 9.17) is 9.47 Å². The summed E-state index contributed by atoms with van der Waals surface area (Å²) in [7, 11) is -2.34. The lowest BCUT2D eigenvalue weighted by atomic mass is 10.1. The number of hydrogen-bond acceptors (Lipinski definition) is 7. The van der Waals surface area contributed by atoms with Gasteiger partial charge in [-0.2, -0.15) is 8.42 Å². The Morgan fingerprint density at radius 1 is 1.14 bits per heavy atom. The summed E-state index contributed by atoms with van der Waals surface area (Å²) in [4.78, 5) is 14.7. The van der Waals surface area contributed by atoms with Gasteiger partial charge in [0, 0.05) is 6.54 Å². The van der Waals surface area contributed by atoms with Crippen LogP contribution in [-0.4, -0.2) is 44.7 Å². The molecule has 1 aromatic carbocycles. The highest BCUT2D eigenvalue weighted by molar-refractivity contribution is 8.19. The monoisotopic (exact) mass is 534 g/mol. The summed E-state index contributed by atoms with van der Waals surface area (Å²) >= 11 is 2.10. The normalized spacial score (nSPS) is 16.3. The molecule has 2 aromatic rings. The SMILES string of the molecule is C=CCN1C(=O)/C(=C/c2ccc(OCCCCCCC)c(OC)c2)S/C1=N/S(=O)(=O)c1cccs1. The van der Waals surface area contributed by atoms with Gasteiger partial charge in [-0.3, -0.25) is 9.69 Å². The maximum atomic E-state index is 13.0. The maximum absolute atomic E-state index is 13.0. The average molecular weight is 535 g/mol. The number of methoxy groups -OCH3 is 1. The van der Waals surface area contributed by atoms with Gasteiger partial charge < -0.3 is 9.47 Å². The predicted octanol–water partition coefficient (Wildman–Crippen LogP) is 5.95. The van der Waals surface area contributed by atoms with Crippen LogP contribution in [0.2, 0.25) is 0 Å². The summed E-state index contributed by atoms with van der Waals surface area (Å²) in [6.45, 7) is 6.62. The van der Waals surface area contributed by atoms with E-state index in [0.29, 0.717) is 23.0 Å². The first kappa shape index (κ1) is 27.0. The van der Waals surface area contributed by atoms with Crippen LogP contribution in [-0.2, 0) is 14.8 Å². The predicted molar refractivity (Wildman–Crippen MR) is 144 cm³/mol. The quantitative estimate of drug-likeness (QED) is 0.179. The lowest BCUT2D eigenvalue weighted by Gasteiger charge is -2.12. The second-order valence-corrected chi connectivity index (χ2v) is 11.6. The number of amidine groups is 1. The molecule has 3 rings (SSSR count). The van der Waals surface area contributed by atoms with E-state index in [2.05, 4.69) is 17.9 Å². The van der Waals surface area contributed by atoms with Crippen LogP contribution in [0.4, 0.5) is 0 Å². The van der Waals surface area contributed by atoms with Crippen molar-refractivity contribution in [2.24, 2.45) is 4.40 Å². The van der Waals surface area contributed by atoms with E-state index in [1.54, 1.807) is 30.7 Å². The minimum atomic E-state index is -3.91. The van der Waals surface area contributed by atoms with E-state index < -0.39 is 10.0 Å². The van der Waals surface area contributed by atoms with Crippen molar-refractivity contribution in [3.05, 3.63) is 58.8 Å². The summed E-state index contributed by atoms with van der Waals surface area (Å²) in [5.74, 6) is 0.884. The van der Waals surface area contributed by atoms with Gasteiger partial charge in [-0.05, 0) is 53.4 Å². The number of rotatable bonds is 13. The molecule has 1 saturated heterocycles. The third-order valence-corrected chi connectivity index (χ3v) is 8.90. The molecule has 0 spiro atoms. The average Bonchev–Trinajstić information content (AvgIpc) is 3.48. The second-order valence-electron chi connectivity index (χ2n) is 7.77. The Kier molecular flexibility index (Phi) is 10.00. The highest BCUT2D eigenvalue weighted by Gasteiger charge is 2.34. The van der Waals surface area contributed by atoms with Crippen LogP contribution in [0.25, 0.3) is 6.08 Å². The molecule has 1 aliphatic rings. The van der Waals surface area contributed by atoms with Gasteiger partial charge in [-0.1, -0.05) is 50.8 Å². The number of carbonyl (C=O) groups excluding carboxylic acids is 1. The first-order valence-electron chi connectivity index (χ1n) is 11.4. The lowest BCUT2D eigenvalue weighted by Crippen LogP contribution is -2.29. The number of sulfonamides is 1. The standard InChI is InChI=1S/C25H30N2O5S3/c1-4-6-7-8-9-15-32-20-13-12-19(17-21(20)31-3)18-22-24(28)27(14-5-2)25(34-22)26-35(29,30)23-11-10-16-33-23/h5,10-13,16-18H,2,4,6-9,14-15H2,1,3H3/b22-18-,26-25+. The second kappa shape index (κ2) is 12.9. The highest BCUT2D eigenvalue weighted by Crippen LogP contribution is 2.36. The first-order chi connectivity index (χ1) is 16.9. The molecular formula is C25H30N2O5S3. The number of unbranched alkanes of at least 4 members (excludes halogenated alkanes) is 4. The fraction of sp³-hybridized carbons (Fsp3) is 0.360. The maximum Gasteiger partial charge on any atom is 0.294 e. The van der Waals surface area contributed by atoms with Gasteiger partial charge in [-0.15, -0.1) is 22.3 Å². The summed E-state index contributed by atoms with van der Waals surface area (Å²) in [5, 5.41) is 1.77. The zero-order valence-corrected chi connectivity index (χ0v) is 22.4. The van der Waals surface area contributed by atoms with Gasteiger partial charge in [-0.25, -0.2) is 0 Å². The number of thioether (sulfide) groups is 1. The molecule has 0 saturated carbocycles. The van der Waals surface area contributed by atoms with Crippen molar-refractivity contribution in [1.82, 2.24) is 4.90 Å². The fourth-order valence-corrected chi connectivity index (χ4v) is 6.51. The molecule has 7 nitrogen and oxygen atoms in total. The Bertz CT molecular complexity index is 1190.